The Morgan fingerprint density at radius 3 is 2.84 bits per heavy atom. The first-order valence-electron chi connectivity index (χ1n) is 6.03. The summed E-state index contributed by atoms with van der Waals surface area (Å²) >= 11 is 3.39. The zero-order valence-electron chi connectivity index (χ0n) is 10.6. The molecule has 0 bridgehead atoms. The van der Waals surface area contributed by atoms with Crippen molar-refractivity contribution in [1.82, 2.24) is 4.57 Å². The summed E-state index contributed by atoms with van der Waals surface area (Å²) in [6, 6.07) is 7.25. The molecule has 1 aromatic carbocycles. The van der Waals surface area contributed by atoms with Crippen molar-refractivity contribution in [2.75, 3.05) is 13.2 Å². The van der Waals surface area contributed by atoms with Crippen LogP contribution in [0.1, 0.15) is 17.3 Å². The van der Waals surface area contributed by atoms with Crippen LogP contribution in [0.15, 0.2) is 33.5 Å². The highest BCUT2D eigenvalue weighted by molar-refractivity contribution is 9.10. The van der Waals surface area contributed by atoms with Gasteiger partial charge in [0, 0.05) is 17.6 Å². The molecular weight excluding hydrogens is 310 g/mol. The maximum atomic E-state index is 12.2. The maximum Gasteiger partial charge on any atom is 0.261 e. The summed E-state index contributed by atoms with van der Waals surface area (Å²) in [5.41, 5.74) is 0.691. The van der Waals surface area contributed by atoms with Crippen molar-refractivity contribution >= 4 is 33.1 Å². The molecule has 2 aromatic rings. The molecule has 0 aliphatic heterocycles. The van der Waals surface area contributed by atoms with E-state index in [-0.39, 0.29) is 11.1 Å². The van der Waals surface area contributed by atoms with Crippen molar-refractivity contribution in [3.63, 3.8) is 0 Å². The van der Waals surface area contributed by atoms with E-state index in [1.165, 1.54) is 0 Å². The van der Waals surface area contributed by atoms with E-state index in [1.54, 1.807) is 10.6 Å². The first kappa shape index (κ1) is 14.0. The minimum Gasteiger partial charge on any atom is -0.380 e. The summed E-state index contributed by atoms with van der Waals surface area (Å²) < 4.78 is 7.76. The van der Waals surface area contributed by atoms with Crippen LogP contribution in [0.2, 0.25) is 0 Å². The van der Waals surface area contributed by atoms with Gasteiger partial charge in [-0.3, -0.25) is 9.59 Å². The monoisotopic (exact) mass is 323 g/mol. The Morgan fingerprint density at radius 1 is 1.37 bits per heavy atom. The highest BCUT2D eigenvalue weighted by Crippen LogP contribution is 2.19. The molecule has 0 aliphatic rings. The van der Waals surface area contributed by atoms with Gasteiger partial charge in [-0.2, -0.15) is 0 Å². The van der Waals surface area contributed by atoms with Crippen molar-refractivity contribution in [3.05, 3.63) is 44.7 Å². The van der Waals surface area contributed by atoms with E-state index in [4.69, 9.17) is 4.74 Å². The van der Waals surface area contributed by atoms with Gasteiger partial charge in [-0.1, -0.05) is 22.0 Å². The molecule has 100 valence electrons. The number of aromatic nitrogens is 1. The number of hydrogen-bond donors (Lipinski definition) is 0. The smallest absolute Gasteiger partial charge is 0.261 e. The number of hydrogen-bond acceptors (Lipinski definition) is 3. The SMILES string of the molecule is CCOCCn1c(=O)c(C=O)cc2ccc(Br)cc21. The minimum absolute atomic E-state index is 0.173. The second kappa shape index (κ2) is 6.12. The van der Waals surface area contributed by atoms with Gasteiger partial charge >= 0.3 is 0 Å². The lowest BCUT2D eigenvalue weighted by Gasteiger charge is -2.11. The van der Waals surface area contributed by atoms with Gasteiger partial charge in [-0.05, 0) is 30.5 Å². The molecule has 2 rings (SSSR count). The van der Waals surface area contributed by atoms with Crippen LogP contribution < -0.4 is 5.56 Å². The summed E-state index contributed by atoms with van der Waals surface area (Å²) in [6.45, 7) is 3.38. The molecule has 0 fully saturated rings. The van der Waals surface area contributed by atoms with Crippen LogP contribution in [0.25, 0.3) is 10.9 Å². The molecule has 0 saturated carbocycles. The van der Waals surface area contributed by atoms with Gasteiger partial charge in [-0.25, -0.2) is 0 Å². The van der Waals surface area contributed by atoms with Crippen molar-refractivity contribution in [3.8, 4) is 0 Å². The first-order valence-corrected chi connectivity index (χ1v) is 6.82. The molecule has 19 heavy (non-hydrogen) atoms. The zero-order valence-corrected chi connectivity index (χ0v) is 12.1. The van der Waals surface area contributed by atoms with E-state index in [9.17, 15) is 9.59 Å². The molecule has 1 aromatic heterocycles. The molecule has 0 amide bonds. The van der Waals surface area contributed by atoms with Gasteiger partial charge in [0.1, 0.15) is 0 Å². The molecule has 0 N–H and O–H groups in total. The normalized spacial score (nSPS) is 10.8. The number of fused-ring (bicyclic) bond motifs is 1. The molecule has 0 spiro atoms. The summed E-state index contributed by atoms with van der Waals surface area (Å²) in [4.78, 5) is 23.1. The predicted molar refractivity (Wildman–Crippen MR) is 77.8 cm³/mol. The van der Waals surface area contributed by atoms with Crippen LogP contribution in [0.5, 0.6) is 0 Å². The molecule has 0 atom stereocenters. The number of carbonyl (C=O) groups is 1. The Hall–Kier alpha value is -1.46. The summed E-state index contributed by atoms with van der Waals surface area (Å²) in [5, 5.41) is 0.862. The van der Waals surface area contributed by atoms with Crippen LogP contribution in [0, 0.1) is 0 Å². The third-order valence-corrected chi connectivity index (χ3v) is 3.37. The highest BCUT2D eigenvalue weighted by atomic mass is 79.9. The Bertz CT molecular complexity index is 664. The van der Waals surface area contributed by atoms with Gasteiger partial charge in [0.05, 0.1) is 17.7 Å². The molecule has 0 radical (unpaired) electrons. The Morgan fingerprint density at radius 2 is 2.16 bits per heavy atom. The Kier molecular flexibility index (Phi) is 4.50. The van der Waals surface area contributed by atoms with E-state index in [2.05, 4.69) is 15.9 Å². The van der Waals surface area contributed by atoms with Gasteiger partial charge in [0.25, 0.3) is 5.56 Å². The quantitative estimate of drug-likeness (QED) is 0.627. The van der Waals surface area contributed by atoms with Crippen LogP contribution in [-0.4, -0.2) is 24.1 Å². The minimum atomic E-state index is -0.277. The van der Waals surface area contributed by atoms with Crippen LogP contribution >= 0.6 is 15.9 Å². The number of pyridine rings is 1. The number of nitrogens with zero attached hydrogens (tertiary/aromatic N) is 1. The molecule has 0 unspecified atom stereocenters. The standard InChI is InChI=1S/C14H14BrNO3/c1-2-19-6-5-16-13-8-12(15)4-3-10(13)7-11(9-17)14(16)18/h3-4,7-9H,2,5-6H2,1H3. The predicted octanol–water partition coefficient (Wildman–Crippen LogP) is 2.61. The van der Waals surface area contributed by atoms with E-state index < -0.39 is 0 Å². The average Bonchev–Trinajstić information content (AvgIpc) is 2.41. The molecular formula is C14H14BrNO3. The van der Waals surface area contributed by atoms with Crippen molar-refractivity contribution in [2.24, 2.45) is 0 Å². The lowest BCUT2D eigenvalue weighted by Crippen LogP contribution is -2.25. The van der Waals surface area contributed by atoms with Crippen LogP contribution in [-0.2, 0) is 11.3 Å². The number of rotatable bonds is 5. The molecule has 1 heterocycles. The topological polar surface area (TPSA) is 48.3 Å². The lowest BCUT2D eigenvalue weighted by atomic mass is 10.1. The maximum absolute atomic E-state index is 12.2. The van der Waals surface area contributed by atoms with Gasteiger partial charge in [0.2, 0.25) is 0 Å². The third-order valence-electron chi connectivity index (χ3n) is 2.88. The Labute approximate surface area is 119 Å². The summed E-state index contributed by atoms with van der Waals surface area (Å²) in [6.07, 6.45) is 0.598. The average molecular weight is 324 g/mol. The largest absolute Gasteiger partial charge is 0.380 e. The lowest BCUT2D eigenvalue weighted by molar-refractivity contribution is 0.112. The number of aldehydes is 1. The van der Waals surface area contributed by atoms with Crippen molar-refractivity contribution in [1.29, 1.82) is 0 Å². The summed E-state index contributed by atoms with van der Waals surface area (Å²) in [7, 11) is 0. The molecule has 0 saturated heterocycles. The van der Waals surface area contributed by atoms with E-state index in [1.807, 2.05) is 25.1 Å². The van der Waals surface area contributed by atoms with E-state index in [0.29, 0.717) is 26.0 Å². The molecule has 0 aliphatic carbocycles. The number of benzene rings is 1. The van der Waals surface area contributed by atoms with Crippen molar-refractivity contribution in [2.45, 2.75) is 13.5 Å². The van der Waals surface area contributed by atoms with E-state index in [0.717, 1.165) is 15.4 Å². The van der Waals surface area contributed by atoms with Crippen LogP contribution in [0.3, 0.4) is 0 Å². The molecule has 5 heteroatoms. The number of ether oxygens (including phenoxy) is 1. The highest BCUT2D eigenvalue weighted by Gasteiger charge is 2.09. The van der Waals surface area contributed by atoms with Gasteiger partial charge < -0.3 is 9.30 Å². The second-order valence-electron chi connectivity index (χ2n) is 4.07. The van der Waals surface area contributed by atoms with Crippen LogP contribution in [0.4, 0.5) is 0 Å². The zero-order chi connectivity index (χ0) is 13.8. The number of halogens is 1. The van der Waals surface area contributed by atoms with Gasteiger partial charge in [-0.15, -0.1) is 0 Å². The summed E-state index contributed by atoms with van der Waals surface area (Å²) in [5.74, 6) is 0. The first-order chi connectivity index (χ1) is 9.17. The second-order valence-corrected chi connectivity index (χ2v) is 4.99. The van der Waals surface area contributed by atoms with Crippen molar-refractivity contribution < 1.29 is 9.53 Å². The van der Waals surface area contributed by atoms with E-state index >= 15 is 0 Å². The fraction of sp³-hybridized carbons (Fsp3) is 0.286. The fourth-order valence-electron chi connectivity index (χ4n) is 1.97. The number of carbonyl (C=O) groups excluding carboxylic acids is 1. The molecule has 4 nitrogen and oxygen atoms in total. The third kappa shape index (κ3) is 2.93. The fourth-order valence-corrected chi connectivity index (χ4v) is 2.32. The van der Waals surface area contributed by atoms with Gasteiger partial charge in [0.15, 0.2) is 6.29 Å². The Balaban J connectivity index is 2.61.